The number of aliphatic carboxylic acids is 1. The van der Waals surface area contributed by atoms with E-state index in [0.29, 0.717) is 0 Å². The number of fused-ring (bicyclic) bond motifs is 3. The molecule has 3 nitrogen and oxygen atoms in total. The maximum atomic E-state index is 11.2. The average Bonchev–Trinajstić information content (AvgIpc) is 2.67. The topological polar surface area (TPSA) is 53.1 Å². The summed E-state index contributed by atoms with van der Waals surface area (Å²) >= 11 is 0. The number of benzene rings is 1. The molecule has 0 amide bonds. The molecule has 2 N–H and O–H groups in total. The van der Waals surface area contributed by atoms with E-state index in [2.05, 4.69) is 17.1 Å². The number of hydrogen-bond donors (Lipinski definition) is 2. The second-order valence-corrected chi connectivity index (χ2v) is 4.83. The van der Waals surface area contributed by atoms with Crippen LogP contribution >= 0.6 is 0 Å². The van der Waals surface area contributed by atoms with Gasteiger partial charge in [0.05, 0.1) is 5.92 Å². The van der Waals surface area contributed by atoms with E-state index in [-0.39, 0.29) is 11.8 Å². The molecule has 3 rings (SSSR count). The van der Waals surface area contributed by atoms with E-state index in [1.54, 1.807) is 0 Å². The molecular weight excluding hydrogens is 214 g/mol. The van der Waals surface area contributed by atoms with Gasteiger partial charge in [0.15, 0.2) is 0 Å². The van der Waals surface area contributed by atoms with Crippen LogP contribution in [-0.4, -0.2) is 16.1 Å². The van der Waals surface area contributed by atoms with E-state index in [1.165, 1.54) is 16.6 Å². The zero-order valence-corrected chi connectivity index (χ0v) is 9.73. The minimum Gasteiger partial charge on any atom is -0.481 e. The number of carbonyl (C=O) groups is 1. The molecule has 0 unspecified atom stereocenters. The SMILES string of the molecule is C[C@@H]1c2c([nH]c3ccccc23)CC[C@H]1C(=O)O. The summed E-state index contributed by atoms with van der Waals surface area (Å²) in [6.07, 6.45) is 1.57. The fraction of sp³-hybridized carbons (Fsp3) is 0.357. The number of aromatic amines is 1. The van der Waals surface area contributed by atoms with Crippen molar-refractivity contribution in [2.75, 3.05) is 0 Å². The summed E-state index contributed by atoms with van der Waals surface area (Å²) in [6, 6.07) is 8.14. The summed E-state index contributed by atoms with van der Waals surface area (Å²) in [5.41, 5.74) is 3.55. The number of carboxylic acids is 1. The Labute approximate surface area is 99.5 Å². The quantitative estimate of drug-likeness (QED) is 0.790. The molecule has 1 aliphatic rings. The van der Waals surface area contributed by atoms with Gasteiger partial charge in [0.1, 0.15) is 0 Å². The second-order valence-electron chi connectivity index (χ2n) is 4.83. The van der Waals surface area contributed by atoms with E-state index in [1.807, 2.05) is 19.1 Å². The summed E-state index contributed by atoms with van der Waals surface area (Å²) in [6.45, 7) is 2.02. The van der Waals surface area contributed by atoms with Gasteiger partial charge in [-0.15, -0.1) is 0 Å². The fourth-order valence-electron chi connectivity index (χ4n) is 3.03. The highest BCUT2D eigenvalue weighted by Crippen LogP contribution is 2.40. The third-order valence-electron chi connectivity index (χ3n) is 3.91. The van der Waals surface area contributed by atoms with Crippen LogP contribution in [0.3, 0.4) is 0 Å². The van der Waals surface area contributed by atoms with E-state index >= 15 is 0 Å². The van der Waals surface area contributed by atoms with Crippen molar-refractivity contribution in [3.05, 3.63) is 35.5 Å². The van der Waals surface area contributed by atoms with Gasteiger partial charge in [-0.2, -0.15) is 0 Å². The first-order valence-corrected chi connectivity index (χ1v) is 6.00. The van der Waals surface area contributed by atoms with Crippen molar-refractivity contribution in [3.63, 3.8) is 0 Å². The third kappa shape index (κ3) is 1.46. The first-order chi connectivity index (χ1) is 8.18. The van der Waals surface area contributed by atoms with Gasteiger partial charge >= 0.3 is 5.97 Å². The number of H-pyrrole nitrogens is 1. The zero-order chi connectivity index (χ0) is 12.0. The molecule has 0 radical (unpaired) electrons. The molecule has 0 bridgehead atoms. The number of para-hydroxylation sites is 1. The normalized spacial score (nSPS) is 23.6. The Bertz CT molecular complexity index is 585. The monoisotopic (exact) mass is 229 g/mol. The average molecular weight is 229 g/mol. The highest BCUT2D eigenvalue weighted by atomic mass is 16.4. The Balaban J connectivity index is 2.19. The molecule has 2 atom stereocenters. The molecule has 1 aromatic carbocycles. The molecule has 0 saturated heterocycles. The third-order valence-corrected chi connectivity index (χ3v) is 3.91. The highest BCUT2D eigenvalue weighted by Gasteiger charge is 2.33. The maximum absolute atomic E-state index is 11.2. The van der Waals surface area contributed by atoms with E-state index in [4.69, 9.17) is 0 Å². The van der Waals surface area contributed by atoms with Gasteiger partial charge in [0.25, 0.3) is 0 Å². The lowest BCUT2D eigenvalue weighted by molar-refractivity contribution is -0.142. The van der Waals surface area contributed by atoms with Gasteiger partial charge in [0.2, 0.25) is 0 Å². The summed E-state index contributed by atoms with van der Waals surface area (Å²) in [7, 11) is 0. The van der Waals surface area contributed by atoms with Gasteiger partial charge in [-0.25, -0.2) is 0 Å². The number of aromatic nitrogens is 1. The van der Waals surface area contributed by atoms with Gasteiger partial charge in [0, 0.05) is 16.6 Å². The Hall–Kier alpha value is -1.77. The summed E-state index contributed by atoms with van der Waals surface area (Å²) < 4.78 is 0. The standard InChI is InChI=1S/C14H15NO2/c1-8-9(14(16)17)6-7-12-13(8)10-4-2-3-5-11(10)15-12/h2-5,8-9,15H,6-7H2,1H3,(H,16,17)/t8-,9+/m0/s1. The summed E-state index contributed by atoms with van der Waals surface area (Å²) in [5, 5.41) is 10.4. The predicted molar refractivity (Wildman–Crippen MR) is 66.2 cm³/mol. The van der Waals surface area contributed by atoms with Crippen LogP contribution < -0.4 is 0 Å². The van der Waals surface area contributed by atoms with Crippen LogP contribution in [0.2, 0.25) is 0 Å². The zero-order valence-electron chi connectivity index (χ0n) is 9.73. The molecule has 2 aromatic rings. The summed E-state index contributed by atoms with van der Waals surface area (Å²) in [5.74, 6) is -0.831. The van der Waals surface area contributed by atoms with Gasteiger partial charge in [-0.3, -0.25) is 4.79 Å². The number of hydrogen-bond acceptors (Lipinski definition) is 1. The minimum atomic E-state index is -0.673. The Morgan fingerprint density at radius 1 is 1.41 bits per heavy atom. The van der Waals surface area contributed by atoms with E-state index in [9.17, 15) is 9.90 Å². The first-order valence-electron chi connectivity index (χ1n) is 6.00. The molecular formula is C14H15NO2. The lowest BCUT2D eigenvalue weighted by Crippen LogP contribution is -2.25. The predicted octanol–water partition coefficient (Wildman–Crippen LogP) is 2.92. The lowest BCUT2D eigenvalue weighted by Gasteiger charge is -2.26. The van der Waals surface area contributed by atoms with Crippen molar-refractivity contribution < 1.29 is 9.90 Å². The van der Waals surface area contributed by atoms with E-state index in [0.717, 1.165) is 18.4 Å². The van der Waals surface area contributed by atoms with Crippen molar-refractivity contribution in [2.24, 2.45) is 5.92 Å². The Morgan fingerprint density at radius 2 is 2.18 bits per heavy atom. The van der Waals surface area contributed by atoms with Crippen molar-refractivity contribution in [1.82, 2.24) is 4.98 Å². The number of rotatable bonds is 1. The molecule has 0 fully saturated rings. The van der Waals surface area contributed by atoms with Crippen LogP contribution in [0.5, 0.6) is 0 Å². The smallest absolute Gasteiger partial charge is 0.307 e. The van der Waals surface area contributed by atoms with Crippen molar-refractivity contribution in [1.29, 1.82) is 0 Å². The van der Waals surface area contributed by atoms with E-state index < -0.39 is 5.97 Å². The molecule has 88 valence electrons. The maximum Gasteiger partial charge on any atom is 0.307 e. The van der Waals surface area contributed by atoms with Gasteiger partial charge < -0.3 is 10.1 Å². The molecule has 17 heavy (non-hydrogen) atoms. The molecule has 3 heteroatoms. The lowest BCUT2D eigenvalue weighted by atomic mass is 9.78. The molecule has 0 saturated carbocycles. The van der Waals surface area contributed by atoms with Crippen LogP contribution in [0, 0.1) is 5.92 Å². The molecule has 0 aliphatic heterocycles. The number of nitrogens with one attached hydrogen (secondary N) is 1. The number of carboxylic acid groups (broad SMARTS) is 1. The van der Waals surface area contributed by atoms with Gasteiger partial charge in [-0.05, 0) is 30.4 Å². The minimum absolute atomic E-state index is 0.0902. The molecule has 1 aromatic heterocycles. The van der Waals surface area contributed by atoms with Crippen LogP contribution in [0.4, 0.5) is 0 Å². The van der Waals surface area contributed by atoms with Crippen LogP contribution in [-0.2, 0) is 11.2 Å². The van der Waals surface area contributed by atoms with Crippen molar-refractivity contribution >= 4 is 16.9 Å². The van der Waals surface area contributed by atoms with Crippen LogP contribution in [0.1, 0.15) is 30.5 Å². The van der Waals surface area contributed by atoms with Crippen LogP contribution in [0.25, 0.3) is 10.9 Å². The Morgan fingerprint density at radius 3 is 2.94 bits per heavy atom. The fourth-order valence-corrected chi connectivity index (χ4v) is 3.03. The van der Waals surface area contributed by atoms with Crippen molar-refractivity contribution in [3.8, 4) is 0 Å². The Kier molecular flexibility index (Phi) is 2.21. The molecule has 0 spiro atoms. The van der Waals surface area contributed by atoms with Crippen LogP contribution in [0.15, 0.2) is 24.3 Å². The molecule has 1 heterocycles. The first kappa shape index (κ1) is 10.4. The summed E-state index contributed by atoms with van der Waals surface area (Å²) in [4.78, 5) is 14.6. The highest BCUT2D eigenvalue weighted by molar-refractivity contribution is 5.86. The number of aryl methyl sites for hydroxylation is 1. The largest absolute Gasteiger partial charge is 0.481 e. The molecule has 1 aliphatic carbocycles. The van der Waals surface area contributed by atoms with Crippen molar-refractivity contribution in [2.45, 2.75) is 25.7 Å². The second kappa shape index (κ2) is 3.62. The van der Waals surface area contributed by atoms with Gasteiger partial charge in [-0.1, -0.05) is 25.1 Å².